The third-order valence-electron chi connectivity index (χ3n) is 1.80. The van der Waals surface area contributed by atoms with E-state index in [1.54, 1.807) is 0 Å². The normalized spacial score (nSPS) is 10.7. The predicted octanol–water partition coefficient (Wildman–Crippen LogP) is 2.47. The molecule has 1 aromatic heterocycles. The van der Waals surface area contributed by atoms with Gasteiger partial charge in [-0.05, 0) is 22.0 Å². The van der Waals surface area contributed by atoms with Gasteiger partial charge < -0.3 is 5.43 Å². The van der Waals surface area contributed by atoms with Crippen molar-refractivity contribution in [2.45, 2.75) is 0 Å². The highest BCUT2D eigenvalue weighted by atomic mass is 79.9. The largest absolute Gasteiger partial charge is 0.306 e. The minimum Gasteiger partial charge on any atom is -0.306 e. The summed E-state index contributed by atoms with van der Waals surface area (Å²) < 4.78 is 13.5. The van der Waals surface area contributed by atoms with Gasteiger partial charge in [0, 0.05) is 6.07 Å². The molecule has 1 aromatic carbocycles. The number of aromatic nitrogens is 2. The molecule has 0 unspecified atom stereocenters. The number of anilines is 1. The first kappa shape index (κ1) is 10.5. The summed E-state index contributed by atoms with van der Waals surface area (Å²) in [5.41, 5.74) is 3.16. The van der Waals surface area contributed by atoms with Crippen LogP contribution in [0.4, 0.5) is 10.2 Å². The highest BCUT2D eigenvalue weighted by Crippen LogP contribution is 2.25. The Bertz CT molecular complexity index is 534. The van der Waals surface area contributed by atoms with Crippen molar-refractivity contribution in [1.29, 1.82) is 0 Å². The molecule has 0 atom stereocenters. The summed E-state index contributed by atoms with van der Waals surface area (Å²) >= 11 is 8.82. The molecular formula is C8H5BrClFN4. The zero-order valence-electron chi connectivity index (χ0n) is 7.26. The van der Waals surface area contributed by atoms with Crippen molar-refractivity contribution < 1.29 is 4.39 Å². The summed E-state index contributed by atoms with van der Waals surface area (Å²) in [6, 6.07) is 2.76. The highest BCUT2D eigenvalue weighted by molar-refractivity contribution is 9.10. The molecule has 4 nitrogen and oxygen atoms in total. The summed E-state index contributed by atoms with van der Waals surface area (Å²) in [5, 5.41) is 0.142. The fourth-order valence-electron chi connectivity index (χ4n) is 1.12. The van der Waals surface area contributed by atoms with Crippen molar-refractivity contribution in [3.63, 3.8) is 0 Å². The van der Waals surface area contributed by atoms with Gasteiger partial charge in [-0.25, -0.2) is 20.2 Å². The molecule has 0 aliphatic rings. The molecule has 1 heterocycles. The fourth-order valence-corrected chi connectivity index (χ4v) is 1.64. The Morgan fingerprint density at radius 1 is 1.33 bits per heavy atom. The SMILES string of the molecule is NNc1nc2cc(F)c(Br)cc2nc1Cl. The zero-order valence-corrected chi connectivity index (χ0v) is 9.60. The van der Waals surface area contributed by atoms with Crippen LogP contribution in [0.1, 0.15) is 0 Å². The average Bonchev–Trinajstić information content (AvgIpc) is 2.20. The van der Waals surface area contributed by atoms with Gasteiger partial charge in [0.1, 0.15) is 5.82 Å². The zero-order chi connectivity index (χ0) is 11.0. The van der Waals surface area contributed by atoms with Crippen molar-refractivity contribution in [3.05, 3.63) is 27.6 Å². The molecule has 15 heavy (non-hydrogen) atoms. The molecule has 0 saturated heterocycles. The van der Waals surface area contributed by atoms with E-state index >= 15 is 0 Å². The maximum atomic E-state index is 13.2. The van der Waals surface area contributed by atoms with Crippen molar-refractivity contribution in [2.24, 2.45) is 5.84 Å². The van der Waals surface area contributed by atoms with Crippen LogP contribution in [-0.4, -0.2) is 9.97 Å². The van der Waals surface area contributed by atoms with Crippen LogP contribution in [0.2, 0.25) is 5.15 Å². The second kappa shape index (κ2) is 3.88. The molecule has 0 amide bonds. The number of rotatable bonds is 1. The lowest BCUT2D eigenvalue weighted by atomic mass is 10.3. The molecule has 7 heteroatoms. The summed E-state index contributed by atoms with van der Waals surface area (Å²) in [4.78, 5) is 8.02. The molecule has 2 rings (SSSR count). The second-order valence-electron chi connectivity index (χ2n) is 2.76. The minimum absolute atomic E-state index is 0.142. The highest BCUT2D eigenvalue weighted by Gasteiger charge is 2.08. The van der Waals surface area contributed by atoms with Crippen molar-refractivity contribution in [3.8, 4) is 0 Å². The Hall–Kier alpha value is -0.980. The monoisotopic (exact) mass is 290 g/mol. The van der Waals surface area contributed by atoms with Gasteiger partial charge in [-0.3, -0.25) is 0 Å². The summed E-state index contributed by atoms with van der Waals surface area (Å²) in [6.07, 6.45) is 0. The Morgan fingerprint density at radius 2 is 2.00 bits per heavy atom. The molecule has 0 radical (unpaired) electrons. The molecule has 0 saturated carbocycles. The number of nitrogens with zero attached hydrogens (tertiary/aromatic N) is 2. The maximum absolute atomic E-state index is 13.2. The molecule has 3 N–H and O–H groups in total. The standard InChI is InChI=1S/C8H5BrClFN4/c9-3-1-5-6(2-4(3)11)14-8(15-12)7(10)13-5/h1-2H,12H2,(H,14,15). The van der Waals surface area contributed by atoms with E-state index in [0.29, 0.717) is 15.5 Å². The number of halogens is 3. The van der Waals surface area contributed by atoms with E-state index < -0.39 is 5.82 Å². The van der Waals surface area contributed by atoms with Crippen LogP contribution in [0.5, 0.6) is 0 Å². The molecule has 0 fully saturated rings. The minimum atomic E-state index is -0.415. The quantitative estimate of drug-likeness (QED) is 0.626. The lowest BCUT2D eigenvalue weighted by molar-refractivity contribution is 0.622. The first-order valence-electron chi connectivity index (χ1n) is 3.90. The molecule has 0 bridgehead atoms. The Kier molecular flexibility index (Phi) is 2.72. The maximum Gasteiger partial charge on any atom is 0.178 e. The van der Waals surface area contributed by atoms with Crippen LogP contribution in [0.25, 0.3) is 11.0 Å². The Labute approximate surface area is 97.7 Å². The van der Waals surface area contributed by atoms with Crippen molar-refractivity contribution in [1.82, 2.24) is 9.97 Å². The van der Waals surface area contributed by atoms with Crippen molar-refractivity contribution >= 4 is 44.4 Å². The fraction of sp³-hybridized carbons (Fsp3) is 0. The van der Waals surface area contributed by atoms with E-state index in [1.807, 2.05) is 0 Å². The third-order valence-corrected chi connectivity index (χ3v) is 2.67. The number of hydrogen-bond acceptors (Lipinski definition) is 4. The van der Waals surface area contributed by atoms with E-state index in [9.17, 15) is 4.39 Å². The smallest absolute Gasteiger partial charge is 0.178 e. The number of nitrogens with one attached hydrogen (secondary N) is 1. The summed E-state index contributed by atoms with van der Waals surface area (Å²) in [7, 11) is 0. The van der Waals surface area contributed by atoms with Gasteiger partial charge in [-0.2, -0.15) is 0 Å². The van der Waals surface area contributed by atoms with Gasteiger partial charge >= 0.3 is 0 Å². The first-order chi connectivity index (χ1) is 7.11. The molecule has 78 valence electrons. The molecule has 0 aliphatic carbocycles. The van der Waals surface area contributed by atoms with Crippen LogP contribution in [-0.2, 0) is 0 Å². The topological polar surface area (TPSA) is 63.8 Å². The van der Waals surface area contributed by atoms with Gasteiger partial charge in [0.05, 0.1) is 15.5 Å². The van der Waals surface area contributed by atoms with Crippen LogP contribution < -0.4 is 11.3 Å². The van der Waals surface area contributed by atoms with E-state index in [2.05, 4.69) is 31.3 Å². The van der Waals surface area contributed by atoms with Gasteiger partial charge in [-0.15, -0.1) is 0 Å². The van der Waals surface area contributed by atoms with E-state index in [0.717, 1.165) is 0 Å². The second-order valence-corrected chi connectivity index (χ2v) is 3.97. The Morgan fingerprint density at radius 3 is 2.67 bits per heavy atom. The van der Waals surface area contributed by atoms with Gasteiger partial charge in [-0.1, -0.05) is 11.6 Å². The van der Waals surface area contributed by atoms with Crippen LogP contribution in [0, 0.1) is 5.82 Å². The Balaban J connectivity index is 2.76. The van der Waals surface area contributed by atoms with Gasteiger partial charge in [0.15, 0.2) is 11.0 Å². The van der Waals surface area contributed by atoms with Crippen LogP contribution in [0.15, 0.2) is 16.6 Å². The first-order valence-corrected chi connectivity index (χ1v) is 5.08. The van der Waals surface area contributed by atoms with Crippen molar-refractivity contribution in [2.75, 3.05) is 5.43 Å². The predicted molar refractivity (Wildman–Crippen MR) is 60.0 cm³/mol. The molecule has 2 aromatic rings. The average molecular weight is 292 g/mol. The van der Waals surface area contributed by atoms with Gasteiger partial charge in [0.25, 0.3) is 0 Å². The number of fused-ring (bicyclic) bond motifs is 1. The number of nitrogens with two attached hydrogens (primary N) is 1. The van der Waals surface area contributed by atoms with Crippen LogP contribution >= 0.6 is 27.5 Å². The lowest BCUT2D eigenvalue weighted by Crippen LogP contribution is -2.10. The van der Waals surface area contributed by atoms with E-state index in [4.69, 9.17) is 17.4 Å². The van der Waals surface area contributed by atoms with E-state index in [1.165, 1.54) is 12.1 Å². The third kappa shape index (κ3) is 1.88. The number of hydrogen-bond donors (Lipinski definition) is 2. The van der Waals surface area contributed by atoms with Crippen LogP contribution in [0.3, 0.4) is 0 Å². The van der Waals surface area contributed by atoms with E-state index in [-0.39, 0.29) is 11.0 Å². The summed E-state index contributed by atoms with van der Waals surface area (Å²) in [5.74, 6) is 4.97. The molecule has 0 spiro atoms. The number of benzene rings is 1. The summed E-state index contributed by atoms with van der Waals surface area (Å²) in [6.45, 7) is 0. The lowest BCUT2D eigenvalue weighted by Gasteiger charge is -2.04. The number of nitrogen functional groups attached to an aromatic ring is 1. The van der Waals surface area contributed by atoms with Gasteiger partial charge in [0.2, 0.25) is 0 Å². The molecule has 0 aliphatic heterocycles. The number of hydrazine groups is 1. The molecular weight excluding hydrogens is 286 g/mol.